The van der Waals surface area contributed by atoms with Crippen molar-refractivity contribution in [2.45, 2.75) is 44.6 Å². The van der Waals surface area contributed by atoms with Crippen molar-refractivity contribution in [2.75, 3.05) is 13.1 Å². The van der Waals surface area contributed by atoms with E-state index in [2.05, 4.69) is 5.32 Å². The summed E-state index contributed by atoms with van der Waals surface area (Å²) in [4.78, 5) is 26.9. The highest BCUT2D eigenvalue weighted by Crippen LogP contribution is 2.44. The maximum absolute atomic E-state index is 13.0. The largest absolute Gasteiger partial charge is 0.335 e. The number of hydrogen-bond donors (Lipinski definition) is 1. The van der Waals surface area contributed by atoms with Gasteiger partial charge in [-0.05, 0) is 74.6 Å². The average molecular weight is 344 g/mol. The van der Waals surface area contributed by atoms with E-state index in [-0.39, 0.29) is 23.5 Å². The number of ketones is 1. The van der Waals surface area contributed by atoms with Crippen molar-refractivity contribution in [3.8, 4) is 0 Å². The zero-order valence-electron chi connectivity index (χ0n) is 14.4. The van der Waals surface area contributed by atoms with E-state index in [1.54, 1.807) is 12.1 Å². The predicted octanol–water partition coefficient (Wildman–Crippen LogP) is 3.62. The minimum atomic E-state index is -0.330. The van der Waals surface area contributed by atoms with Crippen LogP contribution in [0.1, 0.15) is 48.9 Å². The Hall–Kier alpha value is -1.91. The number of hydrogen-bond acceptors (Lipinski definition) is 2. The first kappa shape index (κ1) is 16.6. The molecule has 1 N–H and O–H groups in total. The van der Waals surface area contributed by atoms with Crippen LogP contribution in [0.5, 0.6) is 0 Å². The number of likely N-dealkylation sites (tertiary alicyclic amines) is 1. The van der Waals surface area contributed by atoms with E-state index in [9.17, 15) is 14.0 Å². The zero-order chi connectivity index (χ0) is 17.4. The SMILES string of the molecule is O=C(c1ccc(F)cc1)C1CCN(C(=O)NC(C2CC2)C2CC2)CC1. The van der Waals surface area contributed by atoms with Crippen LogP contribution >= 0.6 is 0 Å². The summed E-state index contributed by atoms with van der Waals surface area (Å²) < 4.78 is 13.0. The molecule has 0 atom stereocenters. The van der Waals surface area contributed by atoms with E-state index in [1.807, 2.05) is 4.90 Å². The summed E-state index contributed by atoms with van der Waals surface area (Å²) in [5, 5.41) is 3.25. The van der Waals surface area contributed by atoms with Crippen LogP contribution in [-0.2, 0) is 0 Å². The number of urea groups is 1. The molecule has 0 aromatic heterocycles. The minimum absolute atomic E-state index is 0.0384. The molecule has 2 saturated carbocycles. The lowest BCUT2D eigenvalue weighted by Crippen LogP contribution is -2.49. The highest BCUT2D eigenvalue weighted by atomic mass is 19.1. The van der Waals surface area contributed by atoms with Gasteiger partial charge in [0.25, 0.3) is 0 Å². The van der Waals surface area contributed by atoms with Crippen LogP contribution in [0, 0.1) is 23.6 Å². The number of nitrogens with one attached hydrogen (secondary N) is 1. The van der Waals surface area contributed by atoms with E-state index in [4.69, 9.17) is 0 Å². The lowest BCUT2D eigenvalue weighted by molar-refractivity contribution is 0.0852. The Morgan fingerprint density at radius 3 is 2.04 bits per heavy atom. The topological polar surface area (TPSA) is 49.4 Å². The van der Waals surface area contributed by atoms with E-state index in [1.165, 1.54) is 37.8 Å². The second-order valence-corrected chi connectivity index (χ2v) is 7.78. The molecule has 0 bridgehead atoms. The van der Waals surface area contributed by atoms with Crippen LogP contribution in [0.4, 0.5) is 9.18 Å². The van der Waals surface area contributed by atoms with Crippen LogP contribution in [0.3, 0.4) is 0 Å². The maximum atomic E-state index is 13.0. The third-order valence-electron chi connectivity index (χ3n) is 5.83. The molecule has 1 saturated heterocycles. The number of rotatable bonds is 5. The number of benzene rings is 1. The third-order valence-corrected chi connectivity index (χ3v) is 5.83. The summed E-state index contributed by atoms with van der Waals surface area (Å²) in [5.74, 6) is 1.04. The molecule has 134 valence electrons. The molecule has 25 heavy (non-hydrogen) atoms. The van der Waals surface area contributed by atoms with E-state index < -0.39 is 0 Å². The number of nitrogens with zero attached hydrogens (tertiary/aromatic N) is 1. The zero-order valence-corrected chi connectivity index (χ0v) is 14.4. The second-order valence-electron chi connectivity index (χ2n) is 7.78. The van der Waals surface area contributed by atoms with Gasteiger partial charge in [0.2, 0.25) is 0 Å². The van der Waals surface area contributed by atoms with Gasteiger partial charge in [-0.25, -0.2) is 9.18 Å². The van der Waals surface area contributed by atoms with Gasteiger partial charge in [-0.1, -0.05) is 0 Å². The van der Waals surface area contributed by atoms with Crippen LogP contribution < -0.4 is 5.32 Å². The highest BCUT2D eigenvalue weighted by Gasteiger charge is 2.43. The minimum Gasteiger partial charge on any atom is -0.335 e. The Labute approximate surface area is 147 Å². The Morgan fingerprint density at radius 2 is 1.52 bits per heavy atom. The lowest BCUT2D eigenvalue weighted by atomic mass is 9.89. The molecule has 0 unspecified atom stereocenters. The normalized spacial score (nSPS) is 21.4. The van der Waals surface area contributed by atoms with E-state index in [0.717, 1.165) is 0 Å². The molecular formula is C20H25FN2O2. The summed E-state index contributed by atoms with van der Waals surface area (Å²) in [6.45, 7) is 1.23. The van der Waals surface area contributed by atoms with Crippen LogP contribution in [0.25, 0.3) is 0 Å². The molecule has 3 aliphatic rings. The fourth-order valence-electron chi connectivity index (χ4n) is 3.96. The summed E-state index contributed by atoms with van der Waals surface area (Å²) >= 11 is 0. The first-order chi connectivity index (χ1) is 12.1. The molecule has 5 heteroatoms. The van der Waals surface area contributed by atoms with Crippen LogP contribution in [0.15, 0.2) is 24.3 Å². The quantitative estimate of drug-likeness (QED) is 0.830. The standard InChI is InChI=1S/C20H25FN2O2/c21-17-7-5-15(6-8-17)19(24)16-9-11-23(12-10-16)20(25)22-18(13-1-2-13)14-3-4-14/h5-8,13-14,16,18H,1-4,9-12H2,(H,22,25). The summed E-state index contributed by atoms with van der Waals surface area (Å²) in [6.07, 6.45) is 6.35. The Bertz CT molecular complexity index is 632. The predicted molar refractivity (Wildman–Crippen MR) is 92.8 cm³/mol. The maximum Gasteiger partial charge on any atom is 0.317 e. The third kappa shape index (κ3) is 3.86. The van der Waals surface area contributed by atoms with Gasteiger partial charge in [0, 0.05) is 30.6 Å². The molecule has 1 heterocycles. The van der Waals surface area contributed by atoms with Crippen molar-refractivity contribution < 1.29 is 14.0 Å². The number of amides is 2. The molecule has 4 nitrogen and oxygen atoms in total. The highest BCUT2D eigenvalue weighted by molar-refractivity contribution is 5.98. The van der Waals surface area contributed by atoms with Gasteiger partial charge in [0.05, 0.1) is 0 Å². The second kappa shape index (κ2) is 6.77. The Morgan fingerprint density at radius 1 is 0.960 bits per heavy atom. The fourth-order valence-corrected chi connectivity index (χ4v) is 3.96. The van der Waals surface area contributed by atoms with Crippen LogP contribution in [0.2, 0.25) is 0 Å². The van der Waals surface area contributed by atoms with Crippen molar-refractivity contribution in [2.24, 2.45) is 17.8 Å². The molecule has 2 aliphatic carbocycles. The number of carbonyl (C=O) groups excluding carboxylic acids is 2. The first-order valence-electron chi connectivity index (χ1n) is 9.47. The fraction of sp³-hybridized carbons (Fsp3) is 0.600. The lowest BCUT2D eigenvalue weighted by Gasteiger charge is -2.33. The van der Waals surface area contributed by atoms with Gasteiger partial charge in [0.15, 0.2) is 5.78 Å². The smallest absolute Gasteiger partial charge is 0.317 e. The van der Waals surface area contributed by atoms with Gasteiger partial charge in [0.1, 0.15) is 5.82 Å². The molecule has 1 aromatic rings. The van der Waals surface area contributed by atoms with Gasteiger partial charge >= 0.3 is 6.03 Å². The molecule has 0 spiro atoms. The number of Topliss-reactive ketones (excluding diaryl/α,β-unsaturated/α-hetero) is 1. The van der Waals surface area contributed by atoms with Crippen molar-refractivity contribution in [1.82, 2.24) is 10.2 Å². The van der Waals surface area contributed by atoms with E-state index >= 15 is 0 Å². The summed E-state index contributed by atoms with van der Waals surface area (Å²) in [6, 6.07) is 6.15. The van der Waals surface area contributed by atoms with E-state index in [0.29, 0.717) is 49.4 Å². The molecule has 0 radical (unpaired) electrons. The van der Waals surface area contributed by atoms with Gasteiger partial charge in [-0.3, -0.25) is 4.79 Å². The Balaban J connectivity index is 1.29. The van der Waals surface area contributed by atoms with Crippen molar-refractivity contribution >= 4 is 11.8 Å². The van der Waals surface area contributed by atoms with Gasteiger partial charge < -0.3 is 10.2 Å². The van der Waals surface area contributed by atoms with Gasteiger partial charge in [-0.15, -0.1) is 0 Å². The van der Waals surface area contributed by atoms with Crippen molar-refractivity contribution in [3.05, 3.63) is 35.6 Å². The molecule has 1 aromatic carbocycles. The number of halogens is 1. The number of carbonyl (C=O) groups is 2. The molecule has 1 aliphatic heterocycles. The summed E-state index contributed by atoms with van der Waals surface area (Å²) in [5.41, 5.74) is 0.562. The molecule has 4 rings (SSSR count). The molecule has 3 fully saturated rings. The van der Waals surface area contributed by atoms with Crippen molar-refractivity contribution in [1.29, 1.82) is 0 Å². The van der Waals surface area contributed by atoms with Gasteiger partial charge in [-0.2, -0.15) is 0 Å². The van der Waals surface area contributed by atoms with Crippen molar-refractivity contribution in [3.63, 3.8) is 0 Å². The monoisotopic (exact) mass is 344 g/mol. The van der Waals surface area contributed by atoms with Crippen LogP contribution in [-0.4, -0.2) is 35.8 Å². The molecular weight excluding hydrogens is 319 g/mol. The Kier molecular flexibility index (Phi) is 4.48. The first-order valence-corrected chi connectivity index (χ1v) is 9.47. The molecule has 2 amide bonds. The summed E-state index contributed by atoms with van der Waals surface area (Å²) in [7, 11) is 0. The average Bonchev–Trinajstić information content (AvgIpc) is 3.53. The number of piperidine rings is 1.